The summed E-state index contributed by atoms with van der Waals surface area (Å²) in [5, 5.41) is 10.3. The number of aliphatic hydroxyl groups excluding tert-OH is 1. The van der Waals surface area contributed by atoms with Crippen molar-refractivity contribution in [3.8, 4) is 11.5 Å². The van der Waals surface area contributed by atoms with Crippen molar-refractivity contribution >= 4 is 9.84 Å². The molecule has 1 aromatic rings. The van der Waals surface area contributed by atoms with Crippen molar-refractivity contribution in [3.05, 3.63) is 23.8 Å². The maximum atomic E-state index is 11.7. The van der Waals surface area contributed by atoms with Gasteiger partial charge in [-0.05, 0) is 31.5 Å². The molecule has 0 radical (unpaired) electrons. The first-order chi connectivity index (χ1) is 8.65. The van der Waals surface area contributed by atoms with Crippen molar-refractivity contribution in [1.29, 1.82) is 0 Å². The summed E-state index contributed by atoms with van der Waals surface area (Å²) < 4.78 is 32.4. The van der Waals surface area contributed by atoms with E-state index in [1.54, 1.807) is 18.2 Å². The molecule has 0 aliphatic heterocycles. The molecule has 108 valence electrons. The zero-order valence-corrected chi connectivity index (χ0v) is 12.6. The molecule has 6 heteroatoms. The SMILES string of the molecule is COc1ccc(C(O)C(C)(C)S(C)(=O)=O)cc1OC. The first-order valence-corrected chi connectivity index (χ1v) is 7.64. The van der Waals surface area contributed by atoms with E-state index in [0.717, 1.165) is 6.26 Å². The quantitative estimate of drug-likeness (QED) is 0.890. The van der Waals surface area contributed by atoms with Gasteiger partial charge in [-0.25, -0.2) is 8.42 Å². The Morgan fingerprint density at radius 2 is 1.68 bits per heavy atom. The largest absolute Gasteiger partial charge is 0.493 e. The smallest absolute Gasteiger partial charge is 0.161 e. The molecule has 0 heterocycles. The number of hydrogen-bond acceptors (Lipinski definition) is 5. The van der Waals surface area contributed by atoms with E-state index in [4.69, 9.17) is 9.47 Å². The molecule has 0 amide bonds. The number of methoxy groups -OCH3 is 2. The molecule has 0 fully saturated rings. The lowest BCUT2D eigenvalue weighted by molar-refractivity contribution is 0.139. The van der Waals surface area contributed by atoms with Crippen LogP contribution in [0.5, 0.6) is 11.5 Å². The third kappa shape index (κ3) is 3.01. The Morgan fingerprint density at radius 3 is 2.11 bits per heavy atom. The second-order valence-corrected chi connectivity index (χ2v) is 7.49. The van der Waals surface area contributed by atoms with Gasteiger partial charge in [0, 0.05) is 6.26 Å². The first-order valence-electron chi connectivity index (χ1n) is 5.74. The van der Waals surface area contributed by atoms with Crippen LogP contribution in [0.15, 0.2) is 18.2 Å². The van der Waals surface area contributed by atoms with Gasteiger partial charge in [0.25, 0.3) is 0 Å². The fraction of sp³-hybridized carbons (Fsp3) is 0.538. The predicted octanol–water partition coefficient (Wildman–Crippen LogP) is 1.56. The summed E-state index contributed by atoms with van der Waals surface area (Å²) in [6.07, 6.45) is -0.0425. The number of sulfone groups is 1. The molecule has 0 spiro atoms. The zero-order valence-electron chi connectivity index (χ0n) is 11.8. The van der Waals surface area contributed by atoms with Gasteiger partial charge in [0.2, 0.25) is 0 Å². The summed E-state index contributed by atoms with van der Waals surface area (Å²) in [5.74, 6) is 0.971. The topological polar surface area (TPSA) is 72.8 Å². The van der Waals surface area contributed by atoms with Gasteiger partial charge < -0.3 is 14.6 Å². The van der Waals surface area contributed by atoms with Gasteiger partial charge in [-0.3, -0.25) is 0 Å². The zero-order chi connectivity index (χ0) is 14.8. The number of hydrogen-bond donors (Lipinski definition) is 1. The Bertz CT molecular complexity index is 548. The van der Waals surface area contributed by atoms with Crippen molar-refractivity contribution in [2.45, 2.75) is 24.7 Å². The maximum Gasteiger partial charge on any atom is 0.161 e. The van der Waals surface area contributed by atoms with Gasteiger partial charge in [0.15, 0.2) is 21.3 Å². The lowest BCUT2D eigenvalue weighted by atomic mass is 9.98. The van der Waals surface area contributed by atoms with E-state index in [0.29, 0.717) is 17.1 Å². The third-order valence-corrected chi connectivity index (χ3v) is 5.47. The highest BCUT2D eigenvalue weighted by Gasteiger charge is 2.39. The van der Waals surface area contributed by atoms with Crippen LogP contribution in [0.3, 0.4) is 0 Å². The molecule has 0 aromatic heterocycles. The molecule has 1 N–H and O–H groups in total. The number of aliphatic hydroxyl groups is 1. The van der Waals surface area contributed by atoms with Crippen molar-refractivity contribution < 1.29 is 23.0 Å². The highest BCUT2D eigenvalue weighted by molar-refractivity contribution is 7.92. The van der Waals surface area contributed by atoms with Gasteiger partial charge in [-0.1, -0.05) is 6.07 Å². The molecule has 1 rings (SSSR count). The van der Waals surface area contributed by atoms with Gasteiger partial charge in [0.05, 0.1) is 25.1 Å². The summed E-state index contributed by atoms with van der Waals surface area (Å²) >= 11 is 0. The standard InChI is InChI=1S/C13H20O5S/c1-13(2,19(5,15)16)12(14)9-6-7-10(17-3)11(8-9)18-4/h6-8,12,14H,1-5H3. The first kappa shape index (κ1) is 15.8. The maximum absolute atomic E-state index is 11.7. The average molecular weight is 288 g/mol. The lowest BCUT2D eigenvalue weighted by Gasteiger charge is -2.29. The molecule has 0 aliphatic rings. The van der Waals surface area contributed by atoms with Crippen LogP contribution in [0, 0.1) is 0 Å². The third-order valence-electron chi connectivity index (χ3n) is 3.34. The molecular weight excluding hydrogens is 268 g/mol. The number of rotatable bonds is 5. The van der Waals surface area contributed by atoms with Crippen LogP contribution in [0.4, 0.5) is 0 Å². The molecule has 0 saturated carbocycles. The Kier molecular flexibility index (Phi) is 4.47. The van der Waals surface area contributed by atoms with Crippen LogP contribution in [0.2, 0.25) is 0 Å². The highest BCUT2D eigenvalue weighted by atomic mass is 32.2. The van der Waals surface area contributed by atoms with Crippen molar-refractivity contribution in [2.75, 3.05) is 20.5 Å². The molecule has 0 saturated heterocycles. The summed E-state index contributed by atoms with van der Waals surface area (Å²) in [7, 11) is -0.417. The van der Waals surface area contributed by atoms with Crippen molar-refractivity contribution in [2.24, 2.45) is 0 Å². The molecule has 0 aliphatic carbocycles. The molecule has 1 aromatic carbocycles. The number of ether oxygens (including phenoxy) is 2. The van der Waals surface area contributed by atoms with Crippen LogP contribution in [0.25, 0.3) is 0 Å². The van der Waals surface area contributed by atoms with Crippen LogP contribution in [0.1, 0.15) is 25.5 Å². The van der Waals surface area contributed by atoms with E-state index in [1.165, 1.54) is 28.1 Å². The second kappa shape index (κ2) is 5.38. The summed E-state index contributed by atoms with van der Waals surface area (Å²) in [4.78, 5) is 0. The molecule has 1 atom stereocenters. The van der Waals surface area contributed by atoms with E-state index in [1.807, 2.05) is 0 Å². The van der Waals surface area contributed by atoms with Gasteiger partial charge in [0.1, 0.15) is 0 Å². The highest BCUT2D eigenvalue weighted by Crippen LogP contribution is 2.36. The number of benzene rings is 1. The van der Waals surface area contributed by atoms with Gasteiger partial charge in [-0.15, -0.1) is 0 Å². The van der Waals surface area contributed by atoms with Crippen LogP contribution >= 0.6 is 0 Å². The minimum Gasteiger partial charge on any atom is -0.493 e. The van der Waals surface area contributed by atoms with Gasteiger partial charge in [-0.2, -0.15) is 0 Å². The van der Waals surface area contributed by atoms with Crippen molar-refractivity contribution in [3.63, 3.8) is 0 Å². The Morgan fingerprint density at radius 1 is 1.16 bits per heavy atom. The summed E-state index contributed by atoms with van der Waals surface area (Å²) in [6.45, 7) is 2.98. The van der Waals surface area contributed by atoms with E-state index >= 15 is 0 Å². The van der Waals surface area contributed by atoms with Crippen LogP contribution < -0.4 is 9.47 Å². The van der Waals surface area contributed by atoms with Gasteiger partial charge >= 0.3 is 0 Å². The van der Waals surface area contributed by atoms with Crippen LogP contribution in [-0.2, 0) is 9.84 Å². The fourth-order valence-corrected chi connectivity index (χ4v) is 2.17. The molecule has 0 bridgehead atoms. The normalized spacial score (nSPS) is 14.0. The minimum atomic E-state index is -3.41. The summed E-state index contributed by atoms with van der Waals surface area (Å²) in [6, 6.07) is 4.84. The molecule has 5 nitrogen and oxygen atoms in total. The molecule has 19 heavy (non-hydrogen) atoms. The van der Waals surface area contributed by atoms with E-state index in [2.05, 4.69) is 0 Å². The Balaban J connectivity index is 3.24. The fourth-order valence-electron chi connectivity index (χ4n) is 1.63. The Hall–Kier alpha value is -1.27. The van der Waals surface area contributed by atoms with E-state index in [9.17, 15) is 13.5 Å². The monoisotopic (exact) mass is 288 g/mol. The van der Waals surface area contributed by atoms with Crippen LogP contribution in [-0.4, -0.2) is 38.7 Å². The predicted molar refractivity (Wildman–Crippen MR) is 73.4 cm³/mol. The average Bonchev–Trinajstić information content (AvgIpc) is 2.35. The summed E-state index contributed by atoms with van der Waals surface area (Å²) in [5.41, 5.74) is 0.466. The minimum absolute atomic E-state index is 0.448. The lowest BCUT2D eigenvalue weighted by Crippen LogP contribution is -2.37. The molecule has 1 unspecified atom stereocenters. The second-order valence-electron chi connectivity index (χ2n) is 4.89. The molecular formula is C13H20O5S. The van der Waals surface area contributed by atoms with Crippen molar-refractivity contribution in [1.82, 2.24) is 0 Å². The van der Waals surface area contributed by atoms with E-state index < -0.39 is 20.7 Å². The van der Waals surface area contributed by atoms with E-state index in [-0.39, 0.29) is 0 Å². The Labute approximate surface area is 114 Å².